The molecule has 6 heteroatoms. The van der Waals surface area contributed by atoms with E-state index in [0.29, 0.717) is 24.1 Å². The lowest BCUT2D eigenvalue weighted by atomic mass is 9.98. The third kappa shape index (κ3) is 2.88. The zero-order chi connectivity index (χ0) is 12.6. The molecule has 1 aromatic heterocycles. The Morgan fingerprint density at radius 2 is 2.24 bits per heavy atom. The van der Waals surface area contributed by atoms with Crippen molar-refractivity contribution in [1.29, 1.82) is 0 Å². The second kappa shape index (κ2) is 4.18. The normalized spacial score (nSPS) is 16.8. The smallest absolute Gasteiger partial charge is 0.410 e. The van der Waals surface area contributed by atoms with Crippen LogP contribution in [0.1, 0.15) is 32.4 Å². The molecule has 1 aromatic rings. The molecule has 0 spiro atoms. The number of carbonyl (C=O) groups excluding carboxylic acids is 1. The van der Waals surface area contributed by atoms with Gasteiger partial charge in [0.2, 0.25) is 0 Å². The Bertz CT molecular complexity index is 419. The maximum atomic E-state index is 11.7. The second-order valence-electron chi connectivity index (χ2n) is 5.19. The van der Waals surface area contributed by atoms with Crippen molar-refractivity contribution in [1.82, 2.24) is 9.88 Å². The molecule has 0 aromatic carbocycles. The number of carbonyl (C=O) groups is 1. The molecule has 0 unspecified atom stereocenters. The summed E-state index contributed by atoms with van der Waals surface area (Å²) in [5.41, 5.74) is 6.12. The molecule has 5 nitrogen and oxygen atoms in total. The molecule has 0 aliphatic carbocycles. The monoisotopic (exact) mass is 255 g/mol. The van der Waals surface area contributed by atoms with Crippen molar-refractivity contribution in [2.24, 2.45) is 0 Å². The first kappa shape index (κ1) is 12.2. The van der Waals surface area contributed by atoms with Gasteiger partial charge in [-0.15, -0.1) is 11.3 Å². The zero-order valence-electron chi connectivity index (χ0n) is 10.3. The topological polar surface area (TPSA) is 68.5 Å². The van der Waals surface area contributed by atoms with E-state index in [0.717, 1.165) is 5.69 Å². The molecule has 2 heterocycles. The molecular weight excluding hydrogens is 238 g/mol. The number of ether oxygens (including phenoxy) is 1. The first-order chi connectivity index (χ1) is 7.85. The molecule has 0 bridgehead atoms. The Kier molecular flexibility index (Phi) is 2.99. The number of rotatable bonds is 1. The minimum absolute atomic E-state index is 0.253. The number of nitrogens with two attached hydrogens (primary N) is 1. The lowest BCUT2D eigenvalue weighted by Gasteiger charge is -2.38. The Balaban J connectivity index is 1.85. The van der Waals surface area contributed by atoms with Gasteiger partial charge in [0.25, 0.3) is 0 Å². The number of amides is 1. The highest BCUT2D eigenvalue weighted by molar-refractivity contribution is 7.13. The number of likely N-dealkylation sites (tertiary alicyclic amines) is 1. The van der Waals surface area contributed by atoms with E-state index < -0.39 is 5.60 Å². The third-order valence-electron chi connectivity index (χ3n) is 2.49. The summed E-state index contributed by atoms with van der Waals surface area (Å²) in [7, 11) is 0. The second-order valence-corrected chi connectivity index (χ2v) is 6.08. The van der Waals surface area contributed by atoms with Crippen molar-refractivity contribution < 1.29 is 9.53 Å². The van der Waals surface area contributed by atoms with E-state index in [-0.39, 0.29) is 6.09 Å². The highest BCUT2D eigenvalue weighted by atomic mass is 32.1. The largest absolute Gasteiger partial charge is 0.444 e. The standard InChI is InChI=1S/C11H17N3O2S/c1-11(2,3)16-10(15)14-4-7(5-14)8-6-17-9(12)13-8/h6-7H,4-5H2,1-3H3,(H2,12,13). The van der Waals surface area contributed by atoms with E-state index >= 15 is 0 Å². The van der Waals surface area contributed by atoms with E-state index in [9.17, 15) is 4.79 Å². The molecule has 0 atom stereocenters. The van der Waals surface area contributed by atoms with Gasteiger partial charge in [0.15, 0.2) is 5.13 Å². The van der Waals surface area contributed by atoms with Crippen LogP contribution in [0.2, 0.25) is 0 Å². The molecule has 1 aliphatic heterocycles. The third-order valence-corrected chi connectivity index (χ3v) is 3.18. The number of anilines is 1. The van der Waals surface area contributed by atoms with Crippen molar-refractivity contribution >= 4 is 22.6 Å². The van der Waals surface area contributed by atoms with Crippen LogP contribution in [-0.4, -0.2) is 34.7 Å². The molecule has 2 N–H and O–H groups in total. The van der Waals surface area contributed by atoms with Crippen molar-refractivity contribution in [3.05, 3.63) is 11.1 Å². The quantitative estimate of drug-likeness (QED) is 0.834. The van der Waals surface area contributed by atoms with E-state index in [4.69, 9.17) is 10.5 Å². The van der Waals surface area contributed by atoms with Crippen molar-refractivity contribution in [3.8, 4) is 0 Å². The van der Waals surface area contributed by atoms with E-state index in [1.807, 2.05) is 26.2 Å². The van der Waals surface area contributed by atoms with E-state index in [1.165, 1.54) is 11.3 Å². The molecule has 17 heavy (non-hydrogen) atoms. The summed E-state index contributed by atoms with van der Waals surface area (Å²) < 4.78 is 5.28. The summed E-state index contributed by atoms with van der Waals surface area (Å²) in [6.07, 6.45) is -0.253. The van der Waals surface area contributed by atoms with Gasteiger partial charge < -0.3 is 15.4 Å². The Morgan fingerprint density at radius 1 is 1.59 bits per heavy atom. The van der Waals surface area contributed by atoms with Gasteiger partial charge in [-0.2, -0.15) is 0 Å². The van der Waals surface area contributed by atoms with Crippen LogP contribution in [0.4, 0.5) is 9.93 Å². The number of hydrogen-bond donors (Lipinski definition) is 1. The fourth-order valence-corrected chi connectivity index (χ4v) is 2.27. The predicted molar refractivity (Wildman–Crippen MR) is 67.1 cm³/mol. The molecular formula is C11H17N3O2S. The van der Waals surface area contributed by atoms with Crippen molar-refractivity contribution in [2.75, 3.05) is 18.8 Å². The SMILES string of the molecule is CC(C)(C)OC(=O)N1CC(c2csc(N)n2)C1. The molecule has 1 fully saturated rings. The molecule has 94 valence electrons. The van der Waals surface area contributed by atoms with Crippen LogP contribution in [0, 0.1) is 0 Å². The van der Waals surface area contributed by atoms with E-state index in [2.05, 4.69) is 4.98 Å². The highest BCUT2D eigenvalue weighted by Gasteiger charge is 2.35. The average Bonchev–Trinajstić information content (AvgIpc) is 2.45. The van der Waals surface area contributed by atoms with Gasteiger partial charge in [-0.1, -0.05) is 0 Å². The minimum atomic E-state index is -0.437. The van der Waals surface area contributed by atoms with Gasteiger partial charge in [0, 0.05) is 24.4 Å². The fourth-order valence-electron chi connectivity index (χ4n) is 1.63. The van der Waals surface area contributed by atoms with Crippen LogP contribution in [0.15, 0.2) is 5.38 Å². The minimum Gasteiger partial charge on any atom is -0.444 e. The van der Waals surface area contributed by atoms with Gasteiger partial charge >= 0.3 is 6.09 Å². The number of nitrogen functional groups attached to an aromatic ring is 1. The van der Waals surface area contributed by atoms with Crippen LogP contribution in [0.5, 0.6) is 0 Å². The molecule has 0 radical (unpaired) electrons. The van der Waals surface area contributed by atoms with Gasteiger partial charge in [0.1, 0.15) is 5.60 Å². The number of hydrogen-bond acceptors (Lipinski definition) is 5. The van der Waals surface area contributed by atoms with E-state index in [1.54, 1.807) is 4.90 Å². The maximum Gasteiger partial charge on any atom is 0.410 e. The molecule has 1 saturated heterocycles. The lowest BCUT2D eigenvalue weighted by Crippen LogP contribution is -2.50. The van der Waals surface area contributed by atoms with Gasteiger partial charge in [-0.3, -0.25) is 0 Å². The average molecular weight is 255 g/mol. The number of aromatic nitrogens is 1. The summed E-state index contributed by atoms with van der Waals surface area (Å²) in [5, 5.41) is 2.53. The van der Waals surface area contributed by atoms with Crippen molar-refractivity contribution in [3.63, 3.8) is 0 Å². The lowest BCUT2D eigenvalue weighted by molar-refractivity contribution is 0.00794. The maximum absolute atomic E-state index is 11.7. The van der Waals surface area contributed by atoms with Gasteiger partial charge in [0.05, 0.1) is 5.69 Å². The predicted octanol–water partition coefficient (Wildman–Crippen LogP) is 2.06. The van der Waals surface area contributed by atoms with Crippen LogP contribution in [0.25, 0.3) is 0 Å². The zero-order valence-corrected chi connectivity index (χ0v) is 11.1. The molecule has 0 saturated carbocycles. The van der Waals surface area contributed by atoms with Gasteiger partial charge in [-0.05, 0) is 20.8 Å². The summed E-state index contributed by atoms with van der Waals surface area (Å²) in [5.74, 6) is 0.302. The molecule has 1 aliphatic rings. The summed E-state index contributed by atoms with van der Waals surface area (Å²) in [6.45, 7) is 6.92. The number of thiazole rings is 1. The fraction of sp³-hybridized carbons (Fsp3) is 0.636. The molecule has 2 rings (SSSR count). The Hall–Kier alpha value is -1.30. The summed E-state index contributed by atoms with van der Waals surface area (Å²) >= 11 is 1.43. The van der Waals surface area contributed by atoms with Crippen LogP contribution >= 0.6 is 11.3 Å². The number of nitrogens with zero attached hydrogens (tertiary/aromatic N) is 2. The van der Waals surface area contributed by atoms with Crippen LogP contribution < -0.4 is 5.73 Å². The Morgan fingerprint density at radius 3 is 2.71 bits per heavy atom. The first-order valence-electron chi connectivity index (χ1n) is 5.54. The Labute approximate surface area is 105 Å². The van der Waals surface area contributed by atoms with Crippen LogP contribution in [-0.2, 0) is 4.74 Å². The highest BCUT2D eigenvalue weighted by Crippen LogP contribution is 2.29. The molecule has 1 amide bonds. The summed E-state index contributed by atoms with van der Waals surface area (Å²) in [6, 6.07) is 0. The summed E-state index contributed by atoms with van der Waals surface area (Å²) in [4.78, 5) is 17.6. The van der Waals surface area contributed by atoms with Gasteiger partial charge in [-0.25, -0.2) is 9.78 Å². The van der Waals surface area contributed by atoms with Crippen molar-refractivity contribution in [2.45, 2.75) is 32.3 Å². The first-order valence-corrected chi connectivity index (χ1v) is 6.42. The van der Waals surface area contributed by atoms with Crippen LogP contribution in [0.3, 0.4) is 0 Å².